The summed E-state index contributed by atoms with van der Waals surface area (Å²) in [7, 11) is 0. The van der Waals surface area contributed by atoms with Gasteiger partial charge >= 0.3 is 0 Å². The van der Waals surface area contributed by atoms with Crippen LogP contribution in [-0.2, 0) is 11.3 Å². The minimum Gasteiger partial charge on any atom is -0.493 e. The van der Waals surface area contributed by atoms with Gasteiger partial charge in [-0.1, -0.05) is 38.1 Å². The molecule has 3 rings (SSSR count). The van der Waals surface area contributed by atoms with Gasteiger partial charge in [0.1, 0.15) is 11.6 Å². The molecule has 27 heavy (non-hydrogen) atoms. The van der Waals surface area contributed by atoms with Crippen LogP contribution in [0.25, 0.3) is 6.08 Å². The molecule has 0 bridgehead atoms. The van der Waals surface area contributed by atoms with Crippen LogP contribution in [0.1, 0.15) is 25.0 Å². The second kappa shape index (κ2) is 8.39. The van der Waals surface area contributed by atoms with Crippen LogP contribution in [0.3, 0.4) is 0 Å². The fourth-order valence-electron chi connectivity index (χ4n) is 2.48. The molecule has 1 fully saturated rings. The average Bonchev–Trinajstić information content (AvgIpc) is 2.90. The van der Waals surface area contributed by atoms with Crippen molar-refractivity contribution in [3.8, 4) is 5.75 Å². The number of amides is 2. The zero-order valence-corrected chi connectivity index (χ0v) is 16.0. The number of hydrogen-bond donors (Lipinski definition) is 0. The molecule has 1 aliphatic heterocycles. The van der Waals surface area contributed by atoms with Gasteiger partial charge in [-0.25, -0.2) is 4.39 Å². The van der Waals surface area contributed by atoms with Crippen molar-refractivity contribution >= 4 is 29.0 Å². The van der Waals surface area contributed by atoms with E-state index in [0.29, 0.717) is 23.0 Å². The maximum absolute atomic E-state index is 13.0. The first-order valence-corrected chi connectivity index (χ1v) is 9.46. The van der Waals surface area contributed by atoms with Crippen LogP contribution < -0.4 is 4.74 Å². The van der Waals surface area contributed by atoms with Crippen LogP contribution in [0.2, 0.25) is 0 Å². The highest BCUT2D eigenvalue weighted by Crippen LogP contribution is 2.33. The van der Waals surface area contributed by atoms with E-state index < -0.39 is 0 Å². The standard InChI is InChI=1S/C21H20FNO3S/c1-14(2)13-26-18-9-5-15(6-10-18)11-19-20(24)23(21(25)27-19)12-16-3-7-17(22)8-4-16/h3-11,14H,12-13H2,1-2H3/b19-11-. The van der Waals surface area contributed by atoms with Crippen LogP contribution >= 0.6 is 11.8 Å². The molecule has 1 aliphatic rings. The van der Waals surface area contributed by atoms with Gasteiger partial charge in [-0.15, -0.1) is 0 Å². The molecule has 140 valence electrons. The normalized spacial score (nSPS) is 15.9. The number of imide groups is 1. The van der Waals surface area contributed by atoms with Gasteiger partial charge < -0.3 is 4.74 Å². The highest BCUT2D eigenvalue weighted by Gasteiger charge is 2.34. The van der Waals surface area contributed by atoms with Gasteiger partial charge in [0.05, 0.1) is 18.1 Å². The van der Waals surface area contributed by atoms with Gasteiger partial charge in [0, 0.05) is 0 Å². The van der Waals surface area contributed by atoms with Crippen molar-refractivity contribution in [2.45, 2.75) is 20.4 Å². The summed E-state index contributed by atoms with van der Waals surface area (Å²) in [4.78, 5) is 26.3. The third-order valence-corrected chi connectivity index (χ3v) is 4.80. The van der Waals surface area contributed by atoms with Crippen LogP contribution in [0.5, 0.6) is 5.75 Å². The largest absolute Gasteiger partial charge is 0.493 e. The van der Waals surface area contributed by atoms with E-state index in [1.807, 2.05) is 24.3 Å². The molecular weight excluding hydrogens is 365 g/mol. The minimum atomic E-state index is -0.353. The molecule has 2 aromatic carbocycles. The van der Waals surface area contributed by atoms with E-state index in [1.54, 1.807) is 18.2 Å². The fraction of sp³-hybridized carbons (Fsp3) is 0.238. The summed E-state index contributed by atoms with van der Waals surface area (Å²) in [6.45, 7) is 4.93. The van der Waals surface area contributed by atoms with E-state index in [0.717, 1.165) is 23.1 Å². The first-order chi connectivity index (χ1) is 12.9. The third-order valence-electron chi connectivity index (χ3n) is 3.89. The quantitative estimate of drug-likeness (QED) is 0.649. The van der Waals surface area contributed by atoms with Crippen molar-refractivity contribution in [1.82, 2.24) is 4.90 Å². The Hall–Kier alpha value is -2.60. The van der Waals surface area contributed by atoms with Gasteiger partial charge in [0.25, 0.3) is 11.1 Å². The number of carbonyl (C=O) groups excluding carboxylic acids is 2. The molecule has 2 amide bonds. The zero-order chi connectivity index (χ0) is 19.4. The van der Waals surface area contributed by atoms with Crippen molar-refractivity contribution in [3.05, 3.63) is 70.4 Å². The molecule has 0 saturated carbocycles. The molecule has 0 unspecified atom stereocenters. The first kappa shape index (κ1) is 19.2. The number of ether oxygens (including phenoxy) is 1. The Morgan fingerprint density at radius 3 is 2.37 bits per heavy atom. The molecule has 0 aromatic heterocycles. The number of hydrogen-bond acceptors (Lipinski definition) is 4. The lowest BCUT2D eigenvalue weighted by atomic mass is 10.2. The van der Waals surface area contributed by atoms with Gasteiger partial charge in [-0.05, 0) is 59.1 Å². The summed E-state index contributed by atoms with van der Waals surface area (Å²) >= 11 is 0.911. The number of rotatable bonds is 6. The van der Waals surface area contributed by atoms with Crippen LogP contribution in [0.15, 0.2) is 53.4 Å². The molecule has 0 atom stereocenters. The average molecular weight is 385 g/mol. The van der Waals surface area contributed by atoms with Crippen LogP contribution in [0, 0.1) is 11.7 Å². The Kier molecular flexibility index (Phi) is 5.96. The highest BCUT2D eigenvalue weighted by atomic mass is 32.2. The smallest absolute Gasteiger partial charge is 0.293 e. The maximum atomic E-state index is 13.0. The fourth-order valence-corrected chi connectivity index (χ4v) is 3.32. The Bertz CT molecular complexity index is 860. The minimum absolute atomic E-state index is 0.129. The number of benzene rings is 2. The topological polar surface area (TPSA) is 46.6 Å². The number of carbonyl (C=O) groups is 2. The summed E-state index contributed by atoms with van der Waals surface area (Å²) in [5, 5.41) is -0.326. The molecule has 1 heterocycles. The van der Waals surface area contributed by atoms with E-state index in [1.165, 1.54) is 17.0 Å². The zero-order valence-electron chi connectivity index (χ0n) is 15.1. The number of halogens is 1. The van der Waals surface area contributed by atoms with Gasteiger partial charge in [0.2, 0.25) is 0 Å². The van der Waals surface area contributed by atoms with Gasteiger partial charge in [-0.3, -0.25) is 14.5 Å². The Labute approximate surface area is 162 Å². The Balaban J connectivity index is 1.69. The van der Waals surface area contributed by atoms with Crippen molar-refractivity contribution in [2.24, 2.45) is 5.92 Å². The van der Waals surface area contributed by atoms with Crippen LogP contribution in [-0.4, -0.2) is 22.7 Å². The lowest BCUT2D eigenvalue weighted by Crippen LogP contribution is -2.27. The van der Waals surface area contributed by atoms with Crippen molar-refractivity contribution < 1.29 is 18.7 Å². The van der Waals surface area contributed by atoms with E-state index in [2.05, 4.69) is 13.8 Å². The van der Waals surface area contributed by atoms with E-state index in [9.17, 15) is 14.0 Å². The molecule has 6 heteroatoms. The molecule has 0 N–H and O–H groups in total. The monoisotopic (exact) mass is 385 g/mol. The van der Waals surface area contributed by atoms with E-state index >= 15 is 0 Å². The summed E-state index contributed by atoms with van der Waals surface area (Å²) in [6, 6.07) is 13.2. The first-order valence-electron chi connectivity index (χ1n) is 8.65. The number of nitrogens with zero attached hydrogens (tertiary/aromatic N) is 1. The lowest BCUT2D eigenvalue weighted by molar-refractivity contribution is -0.123. The SMILES string of the molecule is CC(C)COc1ccc(/C=C2\SC(=O)N(Cc3ccc(F)cc3)C2=O)cc1. The number of thioether (sulfide) groups is 1. The molecule has 1 saturated heterocycles. The predicted octanol–water partition coefficient (Wildman–Crippen LogP) is 5.10. The molecule has 0 radical (unpaired) electrons. The summed E-state index contributed by atoms with van der Waals surface area (Å²) in [6.07, 6.45) is 1.70. The lowest BCUT2D eigenvalue weighted by Gasteiger charge is -2.12. The van der Waals surface area contributed by atoms with Crippen molar-refractivity contribution in [2.75, 3.05) is 6.61 Å². The molecular formula is C21H20FNO3S. The Morgan fingerprint density at radius 2 is 1.74 bits per heavy atom. The molecule has 0 aliphatic carbocycles. The second-order valence-corrected chi connectivity index (χ2v) is 7.66. The van der Waals surface area contributed by atoms with Gasteiger partial charge in [0.15, 0.2) is 0 Å². The summed E-state index contributed by atoms with van der Waals surface area (Å²) in [5.41, 5.74) is 1.52. The van der Waals surface area contributed by atoms with Crippen LogP contribution in [0.4, 0.5) is 9.18 Å². The summed E-state index contributed by atoms with van der Waals surface area (Å²) < 4.78 is 18.6. The van der Waals surface area contributed by atoms with Gasteiger partial charge in [-0.2, -0.15) is 0 Å². The predicted molar refractivity (Wildman–Crippen MR) is 105 cm³/mol. The third kappa shape index (κ3) is 4.98. The molecule has 2 aromatic rings. The highest BCUT2D eigenvalue weighted by molar-refractivity contribution is 8.18. The molecule has 4 nitrogen and oxygen atoms in total. The second-order valence-electron chi connectivity index (χ2n) is 6.67. The summed E-state index contributed by atoms with van der Waals surface area (Å²) in [5.74, 6) is 0.519. The molecule has 0 spiro atoms. The Morgan fingerprint density at radius 1 is 1.07 bits per heavy atom. The van der Waals surface area contributed by atoms with E-state index in [4.69, 9.17) is 4.74 Å². The van der Waals surface area contributed by atoms with Crippen molar-refractivity contribution in [1.29, 1.82) is 0 Å². The van der Waals surface area contributed by atoms with Crippen molar-refractivity contribution in [3.63, 3.8) is 0 Å². The maximum Gasteiger partial charge on any atom is 0.293 e. The van der Waals surface area contributed by atoms with E-state index in [-0.39, 0.29) is 23.5 Å².